The Labute approximate surface area is 168 Å². The van der Waals surface area contributed by atoms with Crippen LogP contribution in [0.3, 0.4) is 0 Å². The molecule has 0 aromatic rings. The normalized spacial score (nSPS) is 12.5. The van der Waals surface area contributed by atoms with Crippen LogP contribution in [0.15, 0.2) is 12.7 Å². The fraction of sp³-hybridized carbons (Fsp3) is 0.864. The lowest BCUT2D eigenvalue weighted by molar-refractivity contribution is -0.906. The van der Waals surface area contributed by atoms with Gasteiger partial charge in [-0.25, -0.2) is 0 Å². The number of rotatable bonds is 17. The summed E-state index contributed by atoms with van der Waals surface area (Å²) in [6, 6.07) is 0.0982. The van der Waals surface area contributed by atoms with E-state index in [1.54, 1.807) is 0 Å². The Kier molecular flexibility index (Phi) is 18.7. The standard InChI is InChI=1S/C22H44NO.BrH/c1-6-9-10-11-12-13-14-15-16-17-18-19-21(22(24)8-3)23(4,5)20-7-2;/h8,21H,3,6-7,9-20H2,1-2,4-5H3;1H/q+1;/p-1. The van der Waals surface area contributed by atoms with Crippen molar-refractivity contribution in [2.75, 3.05) is 20.6 Å². The van der Waals surface area contributed by atoms with Gasteiger partial charge in [0.15, 0.2) is 6.04 Å². The molecule has 1 unspecified atom stereocenters. The third-order valence-electron chi connectivity index (χ3n) is 5.25. The Morgan fingerprint density at radius 3 is 1.68 bits per heavy atom. The average Bonchev–Trinajstić information content (AvgIpc) is 2.55. The van der Waals surface area contributed by atoms with Crippen molar-refractivity contribution in [1.82, 2.24) is 0 Å². The zero-order chi connectivity index (χ0) is 18.3. The first-order valence-electron chi connectivity index (χ1n) is 10.5. The molecule has 0 N–H and O–H groups in total. The predicted octanol–water partition coefficient (Wildman–Crippen LogP) is 3.30. The molecule has 2 nitrogen and oxygen atoms in total. The van der Waals surface area contributed by atoms with Gasteiger partial charge in [-0.1, -0.05) is 84.6 Å². The highest BCUT2D eigenvalue weighted by molar-refractivity contribution is 5.92. The number of unbranched alkanes of at least 4 members (excludes halogenated alkanes) is 10. The van der Waals surface area contributed by atoms with Gasteiger partial charge < -0.3 is 21.5 Å². The Morgan fingerprint density at radius 1 is 0.840 bits per heavy atom. The van der Waals surface area contributed by atoms with Crippen LogP contribution in [0.4, 0.5) is 0 Å². The fourth-order valence-corrected chi connectivity index (χ4v) is 3.71. The molecule has 0 saturated carbocycles. The van der Waals surface area contributed by atoms with Gasteiger partial charge in [-0.2, -0.15) is 0 Å². The summed E-state index contributed by atoms with van der Waals surface area (Å²) in [5.41, 5.74) is 0. The summed E-state index contributed by atoms with van der Waals surface area (Å²) in [4.78, 5) is 12.2. The molecule has 0 rings (SSSR count). The zero-order valence-electron chi connectivity index (χ0n) is 17.5. The first-order valence-corrected chi connectivity index (χ1v) is 10.5. The minimum atomic E-state index is 0. The number of halogens is 1. The predicted molar refractivity (Wildman–Crippen MR) is 107 cm³/mol. The lowest BCUT2D eigenvalue weighted by Gasteiger charge is -2.36. The minimum Gasteiger partial charge on any atom is -1.00 e. The van der Waals surface area contributed by atoms with Crippen LogP contribution >= 0.6 is 0 Å². The molecule has 25 heavy (non-hydrogen) atoms. The van der Waals surface area contributed by atoms with E-state index in [1.165, 1.54) is 76.7 Å². The summed E-state index contributed by atoms with van der Waals surface area (Å²) in [6.45, 7) is 9.22. The second kappa shape index (κ2) is 17.3. The molecule has 0 spiro atoms. The topological polar surface area (TPSA) is 17.1 Å². The number of carbonyl (C=O) groups is 1. The number of hydrogen-bond donors (Lipinski definition) is 0. The first kappa shape index (κ1) is 27.1. The van der Waals surface area contributed by atoms with Gasteiger partial charge in [-0.15, -0.1) is 0 Å². The van der Waals surface area contributed by atoms with Crippen LogP contribution in [0.5, 0.6) is 0 Å². The largest absolute Gasteiger partial charge is 1.00 e. The molecule has 0 aliphatic heterocycles. The lowest BCUT2D eigenvalue weighted by atomic mass is 9.99. The highest BCUT2D eigenvalue weighted by atomic mass is 79.9. The molecule has 150 valence electrons. The highest BCUT2D eigenvalue weighted by Gasteiger charge is 2.31. The van der Waals surface area contributed by atoms with Crippen molar-refractivity contribution >= 4 is 5.78 Å². The van der Waals surface area contributed by atoms with Gasteiger partial charge in [0.05, 0.1) is 20.6 Å². The van der Waals surface area contributed by atoms with Gasteiger partial charge in [0, 0.05) is 6.42 Å². The zero-order valence-corrected chi connectivity index (χ0v) is 19.1. The summed E-state index contributed by atoms with van der Waals surface area (Å²) >= 11 is 0. The number of nitrogens with zero attached hydrogens (tertiary/aromatic N) is 1. The van der Waals surface area contributed by atoms with Crippen LogP contribution in [-0.4, -0.2) is 36.9 Å². The maximum absolute atomic E-state index is 12.2. The summed E-state index contributed by atoms with van der Waals surface area (Å²) in [5, 5.41) is 0. The Bertz CT molecular complexity index is 328. The molecule has 0 saturated heterocycles. The van der Waals surface area contributed by atoms with Crippen molar-refractivity contribution in [1.29, 1.82) is 0 Å². The van der Waals surface area contributed by atoms with E-state index in [1.807, 2.05) is 0 Å². The summed E-state index contributed by atoms with van der Waals surface area (Å²) in [7, 11) is 4.38. The van der Waals surface area contributed by atoms with Crippen LogP contribution in [0.25, 0.3) is 0 Å². The fourth-order valence-electron chi connectivity index (χ4n) is 3.71. The number of quaternary nitrogens is 1. The number of hydrogen-bond acceptors (Lipinski definition) is 1. The van der Waals surface area contributed by atoms with E-state index in [-0.39, 0.29) is 28.8 Å². The molecule has 0 radical (unpaired) electrons. The van der Waals surface area contributed by atoms with E-state index in [0.29, 0.717) is 0 Å². The van der Waals surface area contributed by atoms with E-state index >= 15 is 0 Å². The SMILES string of the molecule is C=CC(=O)C(CCCCCCCCCCCCC)[N+](C)(C)CCC.[Br-]. The second-order valence-corrected chi connectivity index (χ2v) is 7.95. The van der Waals surface area contributed by atoms with Crippen LogP contribution in [0.1, 0.15) is 97.3 Å². The maximum Gasteiger partial charge on any atom is 0.212 e. The molecule has 0 aromatic heterocycles. The van der Waals surface area contributed by atoms with Crippen LogP contribution in [0, 0.1) is 0 Å². The molecule has 0 fully saturated rings. The molecule has 0 heterocycles. The molecular weight excluding hydrogens is 374 g/mol. The quantitative estimate of drug-likeness (QED) is 0.201. The minimum absolute atomic E-state index is 0. The average molecular weight is 419 g/mol. The lowest BCUT2D eigenvalue weighted by Crippen LogP contribution is -3.00. The Morgan fingerprint density at radius 2 is 1.28 bits per heavy atom. The van der Waals surface area contributed by atoms with E-state index in [9.17, 15) is 4.79 Å². The van der Waals surface area contributed by atoms with E-state index < -0.39 is 0 Å². The summed E-state index contributed by atoms with van der Waals surface area (Å²) < 4.78 is 0.805. The molecule has 0 aliphatic carbocycles. The molecule has 1 atom stereocenters. The third-order valence-corrected chi connectivity index (χ3v) is 5.25. The molecular formula is C22H44BrNO. The van der Waals surface area contributed by atoms with E-state index in [2.05, 4.69) is 34.5 Å². The third kappa shape index (κ3) is 13.7. The summed E-state index contributed by atoms with van der Waals surface area (Å²) in [6.07, 6.45) is 18.6. The van der Waals surface area contributed by atoms with Crippen LogP contribution in [-0.2, 0) is 4.79 Å². The highest BCUT2D eigenvalue weighted by Crippen LogP contribution is 2.18. The van der Waals surface area contributed by atoms with E-state index in [0.717, 1.165) is 23.9 Å². The molecule has 0 amide bonds. The molecule has 3 heteroatoms. The number of carbonyl (C=O) groups excluding carboxylic acids is 1. The van der Waals surface area contributed by atoms with Gasteiger partial charge in [-0.3, -0.25) is 4.79 Å². The maximum atomic E-state index is 12.2. The Hall–Kier alpha value is -0.150. The smallest absolute Gasteiger partial charge is 0.212 e. The van der Waals surface area contributed by atoms with Crippen molar-refractivity contribution in [2.24, 2.45) is 0 Å². The summed E-state index contributed by atoms with van der Waals surface area (Å²) in [5.74, 6) is 0.223. The molecule has 0 aromatic carbocycles. The first-order chi connectivity index (χ1) is 11.5. The van der Waals surface area contributed by atoms with Crippen LogP contribution < -0.4 is 17.0 Å². The van der Waals surface area contributed by atoms with Gasteiger partial charge in [-0.05, 0) is 18.9 Å². The molecule has 0 aliphatic rings. The Balaban J connectivity index is 0. The van der Waals surface area contributed by atoms with Crippen molar-refractivity contribution in [3.63, 3.8) is 0 Å². The van der Waals surface area contributed by atoms with Crippen molar-refractivity contribution in [3.8, 4) is 0 Å². The second-order valence-electron chi connectivity index (χ2n) is 7.95. The van der Waals surface area contributed by atoms with E-state index in [4.69, 9.17) is 0 Å². The monoisotopic (exact) mass is 417 g/mol. The number of ketones is 1. The van der Waals surface area contributed by atoms with Gasteiger partial charge in [0.25, 0.3) is 0 Å². The van der Waals surface area contributed by atoms with Crippen LogP contribution in [0.2, 0.25) is 0 Å². The number of likely N-dealkylation sites (N-methyl/N-ethyl adjacent to an activating group) is 1. The molecule has 0 bridgehead atoms. The van der Waals surface area contributed by atoms with Gasteiger partial charge >= 0.3 is 0 Å². The van der Waals surface area contributed by atoms with Crippen molar-refractivity contribution < 1.29 is 26.3 Å². The van der Waals surface area contributed by atoms with Crippen molar-refractivity contribution in [2.45, 2.75) is 103 Å². The van der Waals surface area contributed by atoms with Gasteiger partial charge in [0.1, 0.15) is 0 Å². The van der Waals surface area contributed by atoms with Gasteiger partial charge in [0.2, 0.25) is 5.78 Å². The van der Waals surface area contributed by atoms with Crippen molar-refractivity contribution in [3.05, 3.63) is 12.7 Å².